The third-order valence-electron chi connectivity index (χ3n) is 5.40. The maximum Gasteiger partial charge on any atom is 0.258 e. The van der Waals surface area contributed by atoms with E-state index in [-0.39, 0.29) is 17.5 Å². The molecular weight excluding hydrogens is 382 g/mol. The number of rotatable bonds is 5. The van der Waals surface area contributed by atoms with Crippen molar-refractivity contribution in [1.82, 2.24) is 34.1 Å². The molecule has 4 rings (SSSR count). The normalized spacial score (nSPS) is 16.6. The highest BCUT2D eigenvalue weighted by Gasteiger charge is 2.25. The Kier molecular flexibility index (Phi) is 5.60. The topological polar surface area (TPSA) is 109 Å². The van der Waals surface area contributed by atoms with E-state index in [2.05, 4.69) is 36.7 Å². The van der Waals surface area contributed by atoms with Gasteiger partial charge in [-0.2, -0.15) is 15.0 Å². The van der Waals surface area contributed by atoms with Gasteiger partial charge in [0, 0.05) is 59.1 Å². The summed E-state index contributed by atoms with van der Waals surface area (Å²) >= 11 is 0. The van der Waals surface area contributed by atoms with Crippen LogP contribution in [0.1, 0.15) is 24.5 Å². The molecule has 4 heterocycles. The van der Waals surface area contributed by atoms with Crippen molar-refractivity contribution in [3.63, 3.8) is 0 Å². The summed E-state index contributed by atoms with van der Waals surface area (Å²) in [5.74, 6) is 1.49. The van der Waals surface area contributed by atoms with Crippen LogP contribution in [0.25, 0.3) is 5.65 Å². The van der Waals surface area contributed by atoms with Gasteiger partial charge in [0.2, 0.25) is 11.9 Å². The third kappa shape index (κ3) is 4.24. The monoisotopic (exact) mass is 409 g/mol. The van der Waals surface area contributed by atoms with Gasteiger partial charge < -0.3 is 10.6 Å². The van der Waals surface area contributed by atoms with Gasteiger partial charge >= 0.3 is 0 Å². The molecular formula is C20H27N9O. The zero-order valence-electron chi connectivity index (χ0n) is 17.6. The molecule has 0 aliphatic carbocycles. The van der Waals surface area contributed by atoms with Gasteiger partial charge in [-0.25, -0.2) is 4.98 Å². The van der Waals surface area contributed by atoms with E-state index in [1.54, 1.807) is 16.7 Å². The van der Waals surface area contributed by atoms with Gasteiger partial charge in [0.05, 0.1) is 11.7 Å². The van der Waals surface area contributed by atoms with Crippen molar-refractivity contribution in [3.8, 4) is 0 Å². The molecule has 10 nitrogen and oxygen atoms in total. The second-order valence-corrected chi connectivity index (χ2v) is 7.75. The van der Waals surface area contributed by atoms with Crippen LogP contribution in [0.3, 0.4) is 0 Å². The number of aromatic nitrogens is 5. The third-order valence-corrected chi connectivity index (χ3v) is 5.40. The molecule has 10 heteroatoms. The lowest BCUT2D eigenvalue weighted by Gasteiger charge is -2.37. The Morgan fingerprint density at radius 3 is 2.60 bits per heavy atom. The number of pyridine rings is 1. The largest absolute Gasteiger partial charge is 0.368 e. The number of nitrogen functional groups attached to an aromatic ring is 1. The van der Waals surface area contributed by atoms with E-state index < -0.39 is 0 Å². The van der Waals surface area contributed by atoms with Crippen molar-refractivity contribution in [1.29, 1.82) is 0 Å². The van der Waals surface area contributed by atoms with Gasteiger partial charge in [0.15, 0.2) is 5.82 Å². The van der Waals surface area contributed by atoms with Crippen molar-refractivity contribution in [3.05, 3.63) is 52.3 Å². The fourth-order valence-electron chi connectivity index (χ4n) is 3.67. The van der Waals surface area contributed by atoms with Crippen LogP contribution < -0.4 is 16.2 Å². The summed E-state index contributed by atoms with van der Waals surface area (Å²) in [6.07, 6.45) is 1.74. The molecule has 158 valence electrons. The number of hydrogen-bond donors (Lipinski definition) is 1. The summed E-state index contributed by atoms with van der Waals surface area (Å²) in [5, 5.41) is 0. The minimum atomic E-state index is -0.0491. The first-order valence-corrected chi connectivity index (χ1v) is 10.0. The summed E-state index contributed by atoms with van der Waals surface area (Å²) in [6.45, 7) is 6.25. The molecule has 3 aromatic rings. The first-order chi connectivity index (χ1) is 14.4. The summed E-state index contributed by atoms with van der Waals surface area (Å²) in [7, 11) is 3.77. The smallest absolute Gasteiger partial charge is 0.258 e. The Morgan fingerprint density at radius 2 is 1.87 bits per heavy atom. The zero-order valence-corrected chi connectivity index (χ0v) is 17.6. The molecule has 0 amide bonds. The molecule has 0 unspecified atom stereocenters. The van der Waals surface area contributed by atoms with Gasteiger partial charge in [-0.15, -0.1) is 0 Å². The molecule has 1 atom stereocenters. The first-order valence-electron chi connectivity index (χ1n) is 10.0. The predicted molar refractivity (Wildman–Crippen MR) is 115 cm³/mol. The van der Waals surface area contributed by atoms with E-state index in [0.29, 0.717) is 24.0 Å². The Morgan fingerprint density at radius 1 is 1.10 bits per heavy atom. The lowest BCUT2D eigenvalue weighted by Crippen LogP contribution is -2.47. The summed E-state index contributed by atoms with van der Waals surface area (Å²) < 4.78 is 1.56. The quantitative estimate of drug-likeness (QED) is 0.641. The maximum atomic E-state index is 12.3. The van der Waals surface area contributed by atoms with Crippen molar-refractivity contribution in [2.75, 3.05) is 50.9 Å². The van der Waals surface area contributed by atoms with Crippen molar-refractivity contribution >= 4 is 17.5 Å². The number of nitrogens with zero attached hydrogens (tertiary/aromatic N) is 8. The van der Waals surface area contributed by atoms with Gasteiger partial charge in [0.25, 0.3) is 5.56 Å². The average Bonchev–Trinajstić information content (AvgIpc) is 2.73. The van der Waals surface area contributed by atoms with Crippen molar-refractivity contribution in [2.45, 2.75) is 19.5 Å². The highest BCUT2D eigenvalue weighted by molar-refractivity contribution is 5.38. The average molecular weight is 409 g/mol. The first kappa shape index (κ1) is 20.2. The van der Waals surface area contributed by atoms with Crippen LogP contribution in [-0.4, -0.2) is 74.4 Å². The second-order valence-electron chi connectivity index (χ2n) is 7.75. The van der Waals surface area contributed by atoms with Gasteiger partial charge in [-0.1, -0.05) is 6.07 Å². The lowest BCUT2D eigenvalue weighted by molar-refractivity contribution is 0.0940. The van der Waals surface area contributed by atoms with Crippen molar-refractivity contribution in [2.24, 2.45) is 0 Å². The van der Waals surface area contributed by atoms with E-state index in [0.717, 1.165) is 31.9 Å². The summed E-state index contributed by atoms with van der Waals surface area (Å²) in [4.78, 5) is 36.5. The zero-order chi connectivity index (χ0) is 21.3. The number of hydrogen-bond acceptors (Lipinski definition) is 9. The van der Waals surface area contributed by atoms with E-state index in [4.69, 9.17) is 5.73 Å². The van der Waals surface area contributed by atoms with E-state index >= 15 is 0 Å². The Bertz CT molecular complexity index is 1090. The van der Waals surface area contributed by atoms with Crippen LogP contribution >= 0.6 is 0 Å². The molecule has 0 spiro atoms. The van der Waals surface area contributed by atoms with Gasteiger partial charge in [0.1, 0.15) is 5.65 Å². The highest BCUT2D eigenvalue weighted by atomic mass is 16.1. The molecule has 2 N–H and O–H groups in total. The standard InChI is InChI=1S/C20H27N9O/c1-14(18-23-19(21)25-20(24-18)26(2)3)28-10-8-27(9-11-28)13-15-12-17(30)29-7-5-4-6-16(29)22-15/h4-7,12,14H,8-11,13H2,1-3H3,(H2,21,23,24,25)/t14-/m0/s1. The molecule has 30 heavy (non-hydrogen) atoms. The molecule has 1 aliphatic heterocycles. The summed E-state index contributed by atoms with van der Waals surface area (Å²) in [6, 6.07) is 7.24. The number of nitrogens with two attached hydrogens (primary N) is 1. The number of piperazine rings is 1. The molecule has 3 aromatic heterocycles. The van der Waals surface area contributed by atoms with Crippen LogP contribution in [0.5, 0.6) is 0 Å². The van der Waals surface area contributed by atoms with Crippen molar-refractivity contribution < 1.29 is 0 Å². The number of fused-ring (bicyclic) bond motifs is 1. The van der Waals surface area contributed by atoms with Gasteiger partial charge in [-0.05, 0) is 19.1 Å². The van der Waals surface area contributed by atoms with Crippen LogP contribution in [0.4, 0.5) is 11.9 Å². The lowest BCUT2D eigenvalue weighted by atomic mass is 10.2. The summed E-state index contributed by atoms with van der Waals surface area (Å²) in [5.41, 5.74) is 7.30. The Labute approximate surface area is 175 Å². The number of anilines is 2. The predicted octanol–water partition coefficient (Wildman–Crippen LogP) is 0.407. The van der Waals surface area contributed by atoms with E-state index in [1.807, 2.05) is 37.2 Å². The fourth-order valence-corrected chi connectivity index (χ4v) is 3.67. The maximum absolute atomic E-state index is 12.3. The highest BCUT2D eigenvalue weighted by Crippen LogP contribution is 2.21. The van der Waals surface area contributed by atoms with Crippen LogP contribution in [0.2, 0.25) is 0 Å². The molecule has 1 fully saturated rings. The van der Waals surface area contributed by atoms with Crippen LogP contribution in [0, 0.1) is 0 Å². The Hall–Kier alpha value is -3.11. The second kappa shape index (κ2) is 8.33. The molecule has 0 bridgehead atoms. The minimum absolute atomic E-state index is 0.0413. The molecule has 0 aromatic carbocycles. The van der Waals surface area contributed by atoms with Crippen LogP contribution in [0.15, 0.2) is 35.3 Å². The van der Waals surface area contributed by atoms with E-state index in [1.165, 1.54) is 0 Å². The minimum Gasteiger partial charge on any atom is -0.368 e. The molecule has 0 radical (unpaired) electrons. The SMILES string of the molecule is C[C@@H](c1nc(N)nc(N(C)C)n1)N1CCN(Cc2cc(=O)n3ccccc3n2)CC1. The molecule has 1 aliphatic rings. The Balaban J connectivity index is 1.41. The fraction of sp³-hybridized carbons (Fsp3) is 0.450. The van der Waals surface area contributed by atoms with Gasteiger partial charge in [-0.3, -0.25) is 19.0 Å². The molecule has 1 saturated heterocycles. The molecule has 0 saturated carbocycles. The van der Waals surface area contributed by atoms with Crippen LogP contribution in [-0.2, 0) is 6.54 Å². The van der Waals surface area contributed by atoms with E-state index in [9.17, 15) is 4.79 Å².